The number of imidazole rings is 1. The highest BCUT2D eigenvalue weighted by atomic mass is 35.5. The van der Waals surface area contributed by atoms with E-state index in [1.54, 1.807) is 11.3 Å². The van der Waals surface area contributed by atoms with Crippen LogP contribution in [0, 0.1) is 0 Å². The molecule has 2 aromatic heterocycles. The molecule has 0 bridgehead atoms. The average Bonchev–Trinajstić information content (AvgIpc) is 3.02. The Hall–Kier alpha value is -1.43. The minimum atomic E-state index is -0.0445. The van der Waals surface area contributed by atoms with Crippen molar-refractivity contribution in [1.82, 2.24) is 14.5 Å². The lowest BCUT2D eigenvalue weighted by Gasteiger charge is -2.05. The molecular formula is C15H15ClN4S. The molecule has 1 atom stereocenters. The summed E-state index contributed by atoms with van der Waals surface area (Å²) in [6, 6.07) is 6.37. The molecule has 0 aliphatic heterocycles. The zero-order valence-corrected chi connectivity index (χ0v) is 13.2. The van der Waals surface area contributed by atoms with Gasteiger partial charge in [0.05, 0.1) is 17.1 Å². The Labute approximate surface area is 131 Å². The van der Waals surface area contributed by atoms with Crippen LogP contribution in [0.5, 0.6) is 0 Å². The maximum Gasteiger partial charge on any atom is 0.160 e. The van der Waals surface area contributed by atoms with E-state index in [4.69, 9.17) is 22.3 Å². The topological polar surface area (TPSA) is 56.7 Å². The average molecular weight is 319 g/mol. The molecule has 1 aliphatic carbocycles. The molecule has 108 valence electrons. The van der Waals surface area contributed by atoms with Crippen LogP contribution < -0.4 is 5.73 Å². The van der Waals surface area contributed by atoms with Gasteiger partial charge in [0.15, 0.2) is 5.82 Å². The molecule has 1 unspecified atom stereocenters. The standard InChI is InChI=1S/C15H15ClN4S/c1-8(17)15-19-12(7-21-15)14-18-11-6-9(16)2-5-13(11)20(14)10-3-4-10/h2,5-8,10H,3-4,17H2,1H3. The van der Waals surface area contributed by atoms with E-state index in [-0.39, 0.29) is 6.04 Å². The number of rotatable bonds is 3. The molecule has 21 heavy (non-hydrogen) atoms. The Morgan fingerprint density at radius 1 is 1.38 bits per heavy atom. The molecule has 0 saturated heterocycles. The largest absolute Gasteiger partial charge is 0.322 e. The molecule has 0 amide bonds. The van der Waals surface area contributed by atoms with E-state index in [9.17, 15) is 0 Å². The van der Waals surface area contributed by atoms with Crippen LogP contribution in [0.3, 0.4) is 0 Å². The lowest BCUT2D eigenvalue weighted by Crippen LogP contribution is -2.04. The van der Waals surface area contributed by atoms with E-state index in [2.05, 4.69) is 9.55 Å². The third-order valence-electron chi connectivity index (χ3n) is 3.70. The van der Waals surface area contributed by atoms with Crippen molar-refractivity contribution >= 4 is 34.0 Å². The number of hydrogen-bond acceptors (Lipinski definition) is 4. The molecule has 3 aromatic rings. The number of nitrogens with two attached hydrogens (primary N) is 1. The first kappa shape index (κ1) is 13.2. The quantitative estimate of drug-likeness (QED) is 0.788. The van der Waals surface area contributed by atoms with Crippen LogP contribution in [0.25, 0.3) is 22.6 Å². The van der Waals surface area contributed by atoms with Crippen molar-refractivity contribution in [2.24, 2.45) is 5.73 Å². The van der Waals surface area contributed by atoms with Crippen LogP contribution >= 0.6 is 22.9 Å². The summed E-state index contributed by atoms with van der Waals surface area (Å²) in [4.78, 5) is 9.41. The van der Waals surface area contributed by atoms with E-state index in [1.807, 2.05) is 30.5 Å². The van der Waals surface area contributed by atoms with Crippen LogP contribution in [0.1, 0.15) is 36.9 Å². The number of nitrogens with zero attached hydrogens (tertiary/aromatic N) is 3. The van der Waals surface area contributed by atoms with Gasteiger partial charge in [-0.2, -0.15) is 0 Å². The Kier molecular flexibility index (Phi) is 3.03. The van der Waals surface area contributed by atoms with Crippen molar-refractivity contribution in [2.75, 3.05) is 0 Å². The normalized spacial score (nSPS) is 16.5. The second-order valence-corrected chi connectivity index (χ2v) is 6.86. The van der Waals surface area contributed by atoms with Gasteiger partial charge in [0.2, 0.25) is 0 Å². The number of thiazole rings is 1. The van der Waals surface area contributed by atoms with Crippen LogP contribution in [0.15, 0.2) is 23.6 Å². The van der Waals surface area contributed by atoms with Crippen molar-refractivity contribution in [2.45, 2.75) is 31.8 Å². The first-order chi connectivity index (χ1) is 10.1. The highest BCUT2D eigenvalue weighted by Gasteiger charge is 2.29. The van der Waals surface area contributed by atoms with E-state index in [0.29, 0.717) is 11.1 Å². The number of benzene rings is 1. The summed E-state index contributed by atoms with van der Waals surface area (Å²) in [5, 5.41) is 3.70. The molecule has 4 nitrogen and oxygen atoms in total. The molecule has 2 N–H and O–H groups in total. The smallest absolute Gasteiger partial charge is 0.160 e. The molecule has 1 aromatic carbocycles. The van der Waals surface area contributed by atoms with Gasteiger partial charge in [0.25, 0.3) is 0 Å². The molecule has 6 heteroatoms. The summed E-state index contributed by atoms with van der Waals surface area (Å²) in [6.07, 6.45) is 2.40. The third kappa shape index (κ3) is 2.25. The van der Waals surface area contributed by atoms with Crippen molar-refractivity contribution in [1.29, 1.82) is 0 Å². The maximum atomic E-state index is 6.09. The van der Waals surface area contributed by atoms with E-state index < -0.39 is 0 Å². The molecule has 0 radical (unpaired) electrons. The zero-order chi connectivity index (χ0) is 14.6. The van der Waals surface area contributed by atoms with Gasteiger partial charge in [0, 0.05) is 16.4 Å². The Morgan fingerprint density at radius 3 is 2.86 bits per heavy atom. The van der Waals surface area contributed by atoms with Gasteiger partial charge in [-0.05, 0) is 38.0 Å². The van der Waals surface area contributed by atoms with E-state index >= 15 is 0 Å². The molecule has 1 fully saturated rings. The fraction of sp³-hybridized carbons (Fsp3) is 0.333. The molecule has 0 spiro atoms. The third-order valence-corrected chi connectivity index (χ3v) is 4.98. The van der Waals surface area contributed by atoms with E-state index in [0.717, 1.165) is 27.6 Å². The van der Waals surface area contributed by atoms with Gasteiger partial charge in [-0.1, -0.05) is 11.6 Å². The minimum Gasteiger partial charge on any atom is -0.322 e. The summed E-state index contributed by atoms with van der Waals surface area (Å²) in [5.41, 5.74) is 8.88. The molecule has 4 rings (SSSR count). The zero-order valence-electron chi connectivity index (χ0n) is 11.6. The summed E-state index contributed by atoms with van der Waals surface area (Å²) < 4.78 is 2.30. The highest BCUT2D eigenvalue weighted by molar-refractivity contribution is 7.10. The minimum absolute atomic E-state index is 0.0445. The SMILES string of the molecule is CC(N)c1nc(-c2nc3cc(Cl)ccc3n2C2CC2)cs1. The number of halogens is 1. The van der Waals surface area contributed by atoms with Gasteiger partial charge in [-0.3, -0.25) is 0 Å². The second-order valence-electron chi connectivity index (χ2n) is 5.53. The summed E-state index contributed by atoms with van der Waals surface area (Å²) in [7, 11) is 0. The van der Waals surface area contributed by atoms with Crippen molar-refractivity contribution in [3.8, 4) is 11.5 Å². The maximum absolute atomic E-state index is 6.09. The predicted octanol–water partition coefficient (Wildman–Crippen LogP) is 4.17. The summed E-state index contributed by atoms with van der Waals surface area (Å²) in [6.45, 7) is 1.95. The summed E-state index contributed by atoms with van der Waals surface area (Å²) >= 11 is 7.68. The number of aromatic nitrogens is 3. The van der Waals surface area contributed by atoms with Crippen molar-refractivity contribution in [3.63, 3.8) is 0 Å². The molecular weight excluding hydrogens is 304 g/mol. The van der Waals surface area contributed by atoms with Crippen LogP contribution in [0.4, 0.5) is 0 Å². The monoisotopic (exact) mass is 318 g/mol. The Bertz CT molecular complexity index is 816. The second kappa shape index (κ2) is 4.80. The van der Waals surface area contributed by atoms with Gasteiger partial charge >= 0.3 is 0 Å². The Morgan fingerprint density at radius 2 is 2.19 bits per heavy atom. The molecule has 1 aliphatic rings. The van der Waals surface area contributed by atoms with Gasteiger partial charge in [-0.15, -0.1) is 11.3 Å². The fourth-order valence-corrected chi connectivity index (χ4v) is 3.48. The number of hydrogen-bond donors (Lipinski definition) is 1. The first-order valence-corrected chi connectivity index (χ1v) is 8.28. The predicted molar refractivity (Wildman–Crippen MR) is 86.7 cm³/mol. The molecule has 2 heterocycles. The lowest BCUT2D eigenvalue weighted by molar-refractivity contribution is 0.768. The highest BCUT2D eigenvalue weighted by Crippen LogP contribution is 2.41. The van der Waals surface area contributed by atoms with Gasteiger partial charge in [-0.25, -0.2) is 9.97 Å². The molecule has 1 saturated carbocycles. The van der Waals surface area contributed by atoms with E-state index in [1.165, 1.54) is 12.8 Å². The lowest BCUT2D eigenvalue weighted by atomic mass is 10.3. The van der Waals surface area contributed by atoms with Crippen LogP contribution in [-0.4, -0.2) is 14.5 Å². The Balaban J connectivity index is 1.92. The van der Waals surface area contributed by atoms with Gasteiger partial charge < -0.3 is 10.3 Å². The summed E-state index contributed by atoms with van der Waals surface area (Å²) in [5.74, 6) is 0.929. The first-order valence-electron chi connectivity index (χ1n) is 7.02. The van der Waals surface area contributed by atoms with Crippen LogP contribution in [0.2, 0.25) is 5.02 Å². The van der Waals surface area contributed by atoms with Crippen LogP contribution in [-0.2, 0) is 0 Å². The van der Waals surface area contributed by atoms with Crippen molar-refractivity contribution < 1.29 is 0 Å². The number of fused-ring (bicyclic) bond motifs is 1. The fourth-order valence-electron chi connectivity index (χ4n) is 2.55. The van der Waals surface area contributed by atoms with Crippen molar-refractivity contribution in [3.05, 3.63) is 33.6 Å². The van der Waals surface area contributed by atoms with Gasteiger partial charge in [0.1, 0.15) is 10.7 Å².